The van der Waals surface area contributed by atoms with Gasteiger partial charge in [0.2, 0.25) is 0 Å². The molecule has 1 aliphatic heterocycles. The molecule has 3 amide bonds. The lowest BCUT2D eigenvalue weighted by molar-refractivity contribution is -0.156. The van der Waals surface area contributed by atoms with Crippen molar-refractivity contribution >= 4 is 90.2 Å². The lowest BCUT2D eigenvalue weighted by Gasteiger charge is -2.36. The maximum Gasteiger partial charge on any atom is 0.275 e. The van der Waals surface area contributed by atoms with Crippen molar-refractivity contribution in [3.8, 4) is 0 Å². The highest BCUT2D eigenvalue weighted by Crippen LogP contribution is 2.44. The van der Waals surface area contributed by atoms with Gasteiger partial charge in [-0.05, 0) is 55.7 Å². The smallest absolute Gasteiger partial charge is 0.275 e. The first-order valence-corrected chi connectivity index (χ1v) is 14.4. The lowest BCUT2D eigenvalue weighted by atomic mass is 9.81. The van der Waals surface area contributed by atoms with E-state index in [4.69, 9.17) is 34.8 Å². The van der Waals surface area contributed by atoms with Gasteiger partial charge in [0, 0.05) is 26.1 Å². The van der Waals surface area contributed by atoms with E-state index in [2.05, 4.69) is 31.9 Å². The molecule has 0 radical (unpaired) electrons. The van der Waals surface area contributed by atoms with E-state index < -0.39 is 41.4 Å². The summed E-state index contributed by atoms with van der Waals surface area (Å²) in [5.74, 6) is -3.45. The molecule has 2 aliphatic rings. The molecule has 4 rings (SSSR count). The predicted octanol–water partition coefficient (Wildman–Crippen LogP) is 6.15. The molecule has 11 heteroatoms. The monoisotopic (exact) mass is 676 g/mol. The number of benzene rings is 2. The largest absolute Gasteiger partial charge is 0.292 e. The zero-order valence-electron chi connectivity index (χ0n) is 18.8. The molecule has 0 spiro atoms. The van der Waals surface area contributed by atoms with Crippen LogP contribution in [0.25, 0.3) is 0 Å². The number of alkyl halides is 3. The van der Waals surface area contributed by atoms with Crippen LogP contribution in [0.15, 0.2) is 48.5 Å². The van der Waals surface area contributed by atoms with Crippen LogP contribution < -0.4 is 0 Å². The van der Waals surface area contributed by atoms with Gasteiger partial charge in [0.05, 0.1) is 22.4 Å². The van der Waals surface area contributed by atoms with E-state index in [0.717, 1.165) is 10.0 Å². The number of hydrazine groups is 1. The molecule has 1 saturated heterocycles. The number of hydrogen-bond acceptors (Lipinski definition) is 4. The van der Waals surface area contributed by atoms with Gasteiger partial charge in [0.1, 0.15) is 6.04 Å². The van der Waals surface area contributed by atoms with E-state index in [1.807, 2.05) is 0 Å². The highest BCUT2D eigenvalue weighted by Gasteiger charge is 2.56. The van der Waals surface area contributed by atoms with Crippen molar-refractivity contribution in [2.45, 2.75) is 35.0 Å². The Morgan fingerprint density at radius 2 is 1.50 bits per heavy atom. The van der Waals surface area contributed by atoms with Gasteiger partial charge < -0.3 is 0 Å². The number of rotatable bonds is 7. The topological polar surface area (TPSA) is 74.8 Å². The summed E-state index contributed by atoms with van der Waals surface area (Å²) in [6.45, 7) is 0. The Kier molecular flexibility index (Phi) is 8.83. The molecule has 1 saturated carbocycles. The summed E-state index contributed by atoms with van der Waals surface area (Å²) in [4.78, 5) is 54.9. The van der Waals surface area contributed by atoms with E-state index in [1.165, 1.54) is 24.3 Å². The molecule has 6 nitrogen and oxygen atoms in total. The number of fused-ring (bicyclic) bond motifs is 1. The maximum atomic E-state index is 13.9. The van der Waals surface area contributed by atoms with Crippen molar-refractivity contribution in [1.29, 1.82) is 0 Å². The quantitative estimate of drug-likeness (QED) is 0.200. The summed E-state index contributed by atoms with van der Waals surface area (Å²) in [5.41, 5.74) is 0.332. The summed E-state index contributed by atoms with van der Waals surface area (Å²) >= 11 is 25.5. The molecule has 1 heterocycles. The highest BCUT2D eigenvalue weighted by molar-refractivity contribution is 9.12. The molecule has 2 fully saturated rings. The Morgan fingerprint density at radius 1 is 0.944 bits per heavy atom. The van der Waals surface area contributed by atoms with Crippen LogP contribution in [-0.4, -0.2) is 55.1 Å². The second kappa shape index (κ2) is 11.5. The fraction of sp³-hybridized carbons (Fsp3) is 0.360. The second-order valence-electron chi connectivity index (χ2n) is 8.70. The minimum atomic E-state index is -1.22. The number of ketones is 1. The average Bonchev–Trinajstić information content (AvgIpc) is 3.08. The number of amides is 3. The molecule has 0 bridgehead atoms. The summed E-state index contributed by atoms with van der Waals surface area (Å²) in [7, 11) is 0. The van der Waals surface area contributed by atoms with E-state index in [0.29, 0.717) is 17.9 Å². The fourth-order valence-electron chi connectivity index (χ4n) is 4.69. The molecule has 2 aromatic carbocycles. The number of carbonyl (C=O) groups is 4. The third-order valence-electron chi connectivity index (χ3n) is 6.53. The Morgan fingerprint density at radius 3 is 2.03 bits per heavy atom. The molecular formula is C25H21Br2Cl3N2O4. The summed E-state index contributed by atoms with van der Waals surface area (Å²) in [5, 5.41) is 2.40. The average molecular weight is 680 g/mol. The highest BCUT2D eigenvalue weighted by atomic mass is 79.9. The number of imide groups is 1. The van der Waals surface area contributed by atoms with Crippen molar-refractivity contribution in [1.82, 2.24) is 10.0 Å². The Labute approximate surface area is 240 Å². The van der Waals surface area contributed by atoms with Gasteiger partial charge in [0.25, 0.3) is 17.7 Å². The van der Waals surface area contributed by atoms with Crippen LogP contribution in [0.1, 0.15) is 40.0 Å². The molecule has 0 N–H and O–H groups in total. The molecule has 1 aliphatic carbocycles. The van der Waals surface area contributed by atoms with Crippen LogP contribution >= 0.6 is 66.7 Å². The van der Waals surface area contributed by atoms with Crippen molar-refractivity contribution in [2.24, 2.45) is 11.8 Å². The molecule has 0 aromatic heterocycles. The van der Waals surface area contributed by atoms with Gasteiger partial charge in [0.15, 0.2) is 5.78 Å². The number of carbonyl (C=O) groups excluding carboxylic acids is 4. The third-order valence-corrected chi connectivity index (χ3v) is 10.1. The van der Waals surface area contributed by atoms with Gasteiger partial charge in [-0.3, -0.25) is 19.2 Å². The molecule has 0 unspecified atom stereocenters. The normalized spacial score (nSPS) is 24.4. The van der Waals surface area contributed by atoms with Gasteiger partial charge >= 0.3 is 0 Å². The Balaban J connectivity index is 1.82. The van der Waals surface area contributed by atoms with E-state index >= 15 is 0 Å². The van der Waals surface area contributed by atoms with Crippen LogP contribution in [0.5, 0.6) is 0 Å². The maximum absolute atomic E-state index is 13.9. The van der Waals surface area contributed by atoms with Crippen molar-refractivity contribution in [2.75, 3.05) is 5.88 Å². The van der Waals surface area contributed by atoms with Crippen molar-refractivity contribution in [3.63, 3.8) is 0 Å². The first kappa shape index (κ1) is 27.6. The zero-order valence-corrected chi connectivity index (χ0v) is 24.2. The molecule has 5 atom stereocenters. The van der Waals surface area contributed by atoms with E-state index in [1.54, 1.807) is 24.3 Å². The van der Waals surface area contributed by atoms with Gasteiger partial charge in [-0.1, -0.05) is 67.2 Å². The van der Waals surface area contributed by atoms with Crippen LogP contribution in [0.4, 0.5) is 0 Å². The van der Waals surface area contributed by atoms with Gasteiger partial charge in [-0.15, -0.1) is 11.6 Å². The van der Waals surface area contributed by atoms with Crippen LogP contribution in [-0.2, 0) is 9.59 Å². The van der Waals surface area contributed by atoms with Crippen LogP contribution in [0, 0.1) is 11.8 Å². The van der Waals surface area contributed by atoms with E-state index in [9.17, 15) is 19.2 Å². The zero-order chi connectivity index (χ0) is 26.1. The SMILES string of the molecule is O=C(c1ccc(Cl)cc1)[C@H](CCCl)N(C(=O)c1ccccc1Cl)N1C(=O)[C@@H]2C[C@H](Br)[C@@H](Br)C[C@H]2C1=O. The molecule has 2 aromatic rings. The number of halogens is 5. The van der Waals surface area contributed by atoms with Crippen LogP contribution in [0.3, 0.4) is 0 Å². The number of nitrogens with zero attached hydrogens (tertiary/aromatic N) is 2. The second-order valence-corrected chi connectivity index (χ2v) is 12.3. The number of Topliss-reactive ketones (excluding diaryl/α,β-unsaturated/α-hetero) is 1. The van der Waals surface area contributed by atoms with Crippen molar-refractivity contribution < 1.29 is 19.2 Å². The first-order chi connectivity index (χ1) is 17.1. The lowest BCUT2D eigenvalue weighted by Crippen LogP contribution is -2.57. The Hall–Kier alpha value is -1.45. The minimum absolute atomic E-state index is 0.00627. The van der Waals surface area contributed by atoms with Crippen molar-refractivity contribution in [3.05, 3.63) is 69.7 Å². The third kappa shape index (κ3) is 5.25. The van der Waals surface area contributed by atoms with Gasteiger partial charge in [-0.25, -0.2) is 5.01 Å². The summed E-state index contributed by atoms with van der Waals surface area (Å²) < 4.78 is 0. The minimum Gasteiger partial charge on any atom is -0.292 e. The Bertz CT molecular complexity index is 1170. The fourth-order valence-corrected chi connectivity index (χ4v) is 6.48. The predicted molar refractivity (Wildman–Crippen MR) is 146 cm³/mol. The molecular weight excluding hydrogens is 658 g/mol. The summed E-state index contributed by atoms with van der Waals surface area (Å²) in [6, 6.07) is 11.2. The van der Waals surface area contributed by atoms with E-state index in [-0.39, 0.29) is 38.1 Å². The van der Waals surface area contributed by atoms with Gasteiger partial charge in [-0.2, -0.15) is 5.01 Å². The standard InChI is InChI=1S/C25H21Br2Cl3N2O4/c26-18-11-16-17(12-19(18)27)25(36)32(24(16)35)31(23(34)15-3-1-2-4-20(15)30)21(9-10-28)22(33)13-5-7-14(29)8-6-13/h1-8,16-19,21H,9-12H2/t16-,17-,18+,19+,21+/m1/s1. The molecule has 36 heavy (non-hydrogen) atoms. The van der Waals surface area contributed by atoms with Crippen LogP contribution in [0.2, 0.25) is 10.0 Å². The number of hydrogen-bond donors (Lipinski definition) is 0. The summed E-state index contributed by atoms with van der Waals surface area (Å²) in [6.07, 6.45) is 0.843. The molecule has 190 valence electrons. The first-order valence-electron chi connectivity index (χ1n) is 11.2.